The molecule has 2 aromatic rings. The maximum atomic E-state index is 12.7. The number of halogens is 2. The van der Waals surface area contributed by atoms with E-state index in [1.807, 2.05) is 27.0 Å². The maximum Gasteiger partial charge on any atom is 0.410 e. The number of ether oxygens (including phenoxy) is 1. The van der Waals surface area contributed by atoms with E-state index in [1.54, 1.807) is 22.8 Å². The van der Waals surface area contributed by atoms with E-state index >= 15 is 0 Å². The maximum absolute atomic E-state index is 12.7. The van der Waals surface area contributed by atoms with Crippen LogP contribution in [0.2, 0.25) is 0 Å². The van der Waals surface area contributed by atoms with Crippen molar-refractivity contribution in [3.8, 4) is 0 Å². The molecule has 27 heavy (non-hydrogen) atoms. The molecule has 0 N–H and O–H groups in total. The SMILES string of the molecule is Cc1nn(CC(F)F)c(C)c1Sn1cc2c(n1)CN(C(=O)OC(C)(C)C)C2. The van der Waals surface area contributed by atoms with Crippen molar-refractivity contribution in [3.63, 3.8) is 0 Å². The highest BCUT2D eigenvalue weighted by Crippen LogP contribution is 2.30. The van der Waals surface area contributed by atoms with Gasteiger partial charge in [0.05, 0.1) is 35.1 Å². The topological polar surface area (TPSA) is 65.2 Å². The van der Waals surface area contributed by atoms with Crippen LogP contribution in [0.1, 0.15) is 43.4 Å². The fraction of sp³-hybridized carbons (Fsp3) is 0.588. The van der Waals surface area contributed by atoms with Gasteiger partial charge in [-0.25, -0.2) is 17.7 Å². The van der Waals surface area contributed by atoms with E-state index in [9.17, 15) is 13.6 Å². The fourth-order valence-corrected chi connectivity index (χ4v) is 3.76. The van der Waals surface area contributed by atoms with Crippen LogP contribution in [0.15, 0.2) is 11.1 Å². The minimum Gasteiger partial charge on any atom is -0.444 e. The summed E-state index contributed by atoms with van der Waals surface area (Å²) in [5.74, 6) is 0. The highest BCUT2D eigenvalue weighted by molar-refractivity contribution is 7.97. The quantitative estimate of drug-likeness (QED) is 0.783. The van der Waals surface area contributed by atoms with Crippen LogP contribution in [-0.2, 0) is 24.4 Å². The summed E-state index contributed by atoms with van der Waals surface area (Å²) in [6, 6.07) is 0. The third-order valence-corrected chi connectivity index (χ3v) is 5.17. The zero-order chi connectivity index (χ0) is 19.9. The molecule has 2 aromatic heterocycles. The molecule has 7 nitrogen and oxygen atoms in total. The Hall–Kier alpha value is -2.10. The number of amides is 1. The number of rotatable bonds is 4. The van der Waals surface area contributed by atoms with Crippen LogP contribution in [0.4, 0.5) is 13.6 Å². The molecule has 0 atom stereocenters. The number of alkyl halides is 2. The summed E-state index contributed by atoms with van der Waals surface area (Å²) in [6.45, 7) is 9.45. The van der Waals surface area contributed by atoms with Crippen LogP contribution in [0.25, 0.3) is 0 Å². The van der Waals surface area contributed by atoms with Gasteiger partial charge in [-0.3, -0.25) is 9.58 Å². The van der Waals surface area contributed by atoms with Gasteiger partial charge in [-0.2, -0.15) is 10.2 Å². The van der Waals surface area contributed by atoms with Crippen molar-refractivity contribution in [2.75, 3.05) is 0 Å². The van der Waals surface area contributed by atoms with E-state index < -0.39 is 18.6 Å². The molecule has 1 aliphatic heterocycles. The minimum atomic E-state index is -2.45. The smallest absolute Gasteiger partial charge is 0.410 e. The molecule has 10 heteroatoms. The zero-order valence-electron chi connectivity index (χ0n) is 16.0. The lowest BCUT2D eigenvalue weighted by Gasteiger charge is -2.24. The number of carbonyl (C=O) groups excluding carboxylic acids is 1. The second kappa shape index (κ2) is 7.14. The van der Waals surface area contributed by atoms with E-state index in [0.29, 0.717) is 24.5 Å². The third kappa shape index (κ3) is 4.42. The van der Waals surface area contributed by atoms with Crippen molar-refractivity contribution in [2.45, 2.75) is 71.2 Å². The number of nitrogens with zero attached hydrogens (tertiary/aromatic N) is 5. The lowest BCUT2D eigenvalue weighted by molar-refractivity contribution is 0.0239. The summed E-state index contributed by atoms with van der Waals surface area (Å²) in [5, 5.41) is 8.70. The van der Waals surface area contributed by atoms with E-state index in [2.05, 4.69) is 10.2 Å². The Morgan fingerprint density at radius 2 is 2.00 bits per heavy atom. The van der Waals surface area contributed by atoms with Crippen molar-refractivity contribution in [2.24, 2.45) is 0 Å². The molecule has 3 heterocycles. The lowest BCUT2D eigenvalue weighted by atomic mass is 10.2. The van der Waals surface area contributed by atoms with Gasteiger partial charge in [-0.05, 0) is 34.6 Å². The summed E-state index contributed by atoms with van der Waals surface area (Å²) in [4.78, 5) is 14.6. The predicted molar refractivity (Wildman–Crippen MR) is 96.7 cm³/mol. The number of carbonyl (C=O) groups is 1. The first-order valence-electron chi connectivity index (χ1n) is 8.59. The Morgan fingerprint density at radius 1 is 1.30 bits per heavy atom. The molecule has 0 spiro atoms. The number of fused-ring (bicyclic) bond motifs is 1. The van der Waals surface area contributed by atoms with Gasteiger partial charge in [0, 0.05) is 23.7 Å². The molecule has 148 valence electrons. The number of aromatic nitrogens is 4. The van der Waals surface area contributed by atoms with Crippen molar-refractivity contribution in [1.82, 2.24) is 23.9 Å². The van der Waals surface area contributed by atoms with E-state index in [4.69, 9.17) is 4.74 Å². The number of aryl methyl sites for hydroxylation is 1. The lowest BCUT2D eigenvalue weighted by Crippen LogP contribution is -2.33. The van der Waals surface area contributed by atoms with Gasteiger partial charge in [0.25, 0.3) is 6.43 Å². The monoisotopic (exact) mass is 399 g/mol. The highest BCUT2D eigenvalue weighted by Gasteiger charge is 2.30. The number of hydrogen-bond donors (Lipinski definition) is 0. The standard InChI is InChI=1S/C17H23F2N5O2S/c1-10-15(11(2)23(20-10)9-14(18)19)27-24-7-12-6-22(8-13(12)21-24)16(25)26-17(3,4)5/h7,14H,6,8-9H2,1-5H3. The molecule has 0 bridgehead atoms. The minimum absolute atomic E-state index is 0.361. The first-order valence-corrected chi connectivity index (χ1v) is 9.36. The number of hydrogen-bond acceptors (Lipinski definition) is 5. The Bertz CT molecular complexity index is 833. The van der Waals surface area contributed by atoms with Gasteiger partial charge < -0.3 is 4.74 Å². The summed E-state index contributed by atoms with van der Waals surface area (Å²) in [6.07, 6.45) is -0.957. The molecule has 0 unspecified atom stereocenters. The van der Waals surface area contributed by atoms with Crippen LogP contribution >= 0.6 is 11.9 Å². The fourth-order valence-electron chi connectivity index (χ4n) is 2.84. The highest BCUT2D eigenvalue weighted by atomic mass is 32.2. The Kier molecular flexibility index (Phi) is 5.20. The molecule has 1 amide bonds. The van der Waals surface area contributed by atoms with E-state index in [1.165, 1.54) is 16.6 Å². The summed E-state index contributed by atoms with van der Waals surface area (Å²) < 4.78 is 33.7. The molecule has 0 aromatic carbocycles. The molecule has 0 saturated carbocycles. The first kappa shape index (κ1) is 19.7. The Labute approximate surface area is 160 Å². The Balaban J connectivity index is 1.69. The molecule has 1 aliphatic rings. The second-order valence-electron chi connectivity index (χ2n) is 7.50. The van der Waals surface area contributed by atoms with Crippen molar-refractivity contribution in [1.29, 1.82) is 0 Å². The molecular weight excluding hydrogens is 376 g/mol. The Morgan fingerprint density at radius 3 is 2.59 bits per heavy atom. The largest absolute Gasteiger partial charge is 0.444 e. The van der Waals surface area contributed by atoms with Crippen molar-refractivity contribution in [3.05, 3.63) is 28.8 Å². The second-order valence-corrected chi connectivity index (χ2v) is 8.47. The normalized spacial score (nSPS) is 14.1. The summed E-state index contributed by atoms with van der Waals surface area (Å²) in [5.41, 5.74) is 2.58. The van der Waals surface area contributed by atoms with Crippen molar-refractivity contribution < 1.29 is 18.3 Å². The molecule has 0 fully saturated rings. The van der Waals surface area contributed by atoms with Crippen LogP contribution in [0.3, 0.4) is 0 Å². The first-order chi connectivity index (χ1) is 12.5. The van der Waals surface area contributed by atoms with Crippen LogP contribution in [0.5, 0.6) is 0 Å². The third-order valence-electron chi connectivity index (χ3n) is 4.02. The van der Waals surface area contributed by atoms with Gasteiger partial charge in [0.2, 0.25) is 0 Å². The predicted octanol–water partition coefficient (Wildman–Crippen LogP) is 3.77. The van der Waals surface area contributed by atoms with Gasteiger partial charge >= 0.3 is 6.09 Å². The molecule has 0 aliphatic carbocycles. The van der Waals surface area contributed by atoms with Crippen LogP contribution < -0.4 is 0 Å². The van der Waals surface area contributed by atoms with Crippen LogP contribution in [0, 0.1) is 13.8 Å². The van der Waals surface area contributed by atoms with Gasteiger partial charge in [-0.15, -0.1) is 0 Å². The van der Waals surface area contributed by atoms with E-state index in [0.717, 1.165) is 16.2 Å². The van der Waals surface area contributed by atoms with Gasteiger partial charge in [-0.1, -0.05) is 0 Å². The summed E-state index contributed by atoms with van der Waals surface area (Å²) >= 11 is 1.34. The molecule has 0 saturated heterocycles. The molecular formula is C17H23F2N5O2S. The average Bonchev–Trinajstić information content (AvgIpc) is 3.13. The average molecular weight is 399 g/mol. The molecule has 0 radical (unpaired) electrons. The van der Waals surface area contributed by atoms with Crippen molar-refractivity contribution >= 4 is 18.0 Å². The van der Waals surface area contributed by atoms with Gasteiger partial charge in [0.1, 0.15) is 12.1 Å². The van der Waals surface area contributed by atoms with Crippen LogP contribution in [-0.4, -0.2) is 42.0 Å². The summed E-state index contributed by atoms with van der Waals surface area (Å²) in [7, 11) is 0. The molecule has 3 rings (SSSR count). The zero-order valence-corrected chi connectivity index (χ0v) is 16.8. The van der Waals surface area contributed by atoms with Gasteiger partial charge in [0.15, 0.2) is 0 Å². The van der Waals surface area contributed by atoms with E-state index in [-0.39, 0.29) is 6.09 Å².